The third-order valence-electron chi connectivity index (χ3n) is 4.29. The second-order valence-corrected chi connectivity index (χ2v) is 8.68. The Bertz CT molecular complexity index is 1010. The smallest absolute Gasteiger partial charge is 0.251 e. The lowest BCUT2D eigenvalue weighted by Crippen LogP contribution is -2.28. The molecule has 0 bridgehead atoms. The van der Waals surface area contributed by atoms with Crippen molar-refractivity contribution in [2.24, 2.45) is 0 Å². The predicted octanol–water partition coefficient (Wildman–Crippen LogP) is 4.12. The number of nitrogens with zero attached hydrogens (tertiary/aromatic N) is 3. The zero-order chi connectivity index (χ0) is 21.5. The first-order chi connectivity index (χ1) is 14.5. The number of aromatic nitrogens is 3. The summed E-state index contributed by atoms with van der Waals surface area (Å²) in [7, 11) is 0. The molecule has 0 fully saturated rings. The van der Waals surface area contributed by atoms with Crippen molar-refractivity contribution >= 4 is 51.9 Å². The molecule has 0 saturated heterocycles. The van der Waals surface area contributed by atoms with Crippen molar-refractivity contribution in [2.45, 2.75) is 31.6 Å². The Morgan fingerprint density at radius 2 is 1.80 bits per heavy atom. The minimum Gasteiger partial charge on any atom is -0.342 e. The van der Waals surface area contributed by atoms with Gasteiger partial charge in [-0.2, -0.15) is 0 Å². The number of anilines is 1. The number of rotatable bonds is 8. The quantitative estimate of drug-likeness (QED) is 0.335. The van der Waals surface area contributed by atoms with Gasteiger partial charge in [-0.3, -0.25) is 9.59 Å². The number of hydrogen-bond donors (Lipinski definition) is 2. The number of thioether (sulfide) groups is 1. The first-order valence-corrected chi connectivity index (χ1v) is 11.5. The Morgan fingerprint density at radius 1 is 1.10 bits per heavy atom. The van der Waals surface area contributed by atoms with E-state index in [0.29, 0.717) is 23.1 Å². The van der Waals surface area contributed by atoms with Crippen LogP contribution in [-0.2, 0) is 11.3 Å². The number of carbonyl (C=O) groups is 2. The lowest BCUT2D eigenvalue weighted by atomic mass is 10.2. The molecule has 0 radical (unpaired) electrons. The average Bonchev–Trinajstić information content (AvgIpc) is 3.17. The maximum absolute atomic E-state index is 12.4. The summed E-state index contributed by atoms with van der Waals surface area (Å²) < 4.78 is 3.02. The van der Waals surface area contributed by atoms with Crippen LogP contribution < -0.4 is 10.6 Å². The molecule has 2 aromatic carbocycles. The largest absolute Gasteiger partial charge is 0.342 e. The Hall–Kier alpha value is -2.40. The van der Waals surface area contributed by atoms with Crippen molar-refractivity contribution in [1.29, 1.82) is 0 Å². The highest BCUT2D eigenvalue weighted by Gasteiger charge is 2.20. The molecule has 0 unspecified atom stereocenters. The van der Waals surface area contributed by atoms with Crippen LogP contribution in [0.1, 0.15) is 36.1 Å². The highest BCUT2D eigenvalue weighted by atomic mass is 127. The molecule has 2 amide bonds. The number of amides is 2. The topological polar surface area (TPSA) is 88.9 Å². The van der Waals surface area contributed by atoms with E-state index < -0.39 is 0 Å². The predicted molar refractivity (Wildman–Crippen MR) is 127 cm³/mol. The van der Waals surface area contributed by atoms with Crippen molar-refractivity contribution in [3.63, 3.8) is 0 Å². The molecule has 7 nitrogen and oxygen atoms in total. The van der Waals surface area contributed by atoms with Crippen LogP contribution in [0.25, 0.3) is 0 Å². The van der Waals surface area contributed by atoms with Crippen LogP contribution in [0.15, 0.2) is 59.8 Å². The molecule has 0 aliphatic heterocycles. The van der Waals surface area contributed by atoms with E-state index in [2.05, 4.69) is 43.4 Å². The van der Waals surface area contributed by atoms with Gasteiger partial charge in [0.15, 0.2) is 11.0 Å². The van der Waals surface area contributed by atoms with E-state index in [1.807, 2.05) is 60.9 Å². The fourth-order valence-corrected chi connectivity index (χ4v) is 3.99. The summed E-state index contributed by atoms with van der Waals surface area (Å²) in [5.74, 6) is 0.593. The molecule has 1 atom stereocenters. The van der Waals surface area contributed by atoms with E-state index in [4.69, 9.17) is 0 Å². The molecule has 0 aliphatic carbocycles. The lowest BCUT2D eigenvalue weighted by molar-refractivity contribution is -0.113. The van der Waals surface area contributed by atoms with Gasteiger partial charge in [0.2, 0.25) is 5.91 Å². The van der Waals surface area contributed by atoms with Crippen molar-refractivity contribution in [1.82, 2.24) is 20.1 Å². The average molecular weight is 535 g/mol. The molecular formula is C21H22IN5O2S. The minimum absolute atomic E-state index is 0.112. The Kier molecular flexibility index (Phi) is 7.86. The van der Waals surface area contributed by atoms with E-state index in [0.717, 1.165) is 9.26 Å². The van der Waals surface area contributed by atoms with Gasteiger partial charge in [0.25, 0.3) is 5.91 Å². The van der Waals surface area contributed by atoms with E-state index in [1.54, 1.807) is 12.1 Å². The number of benzene rings is 2. The summed E-state index contributed by atoms with van der Waals surface area (Å²) in [4.78, 5) is 24.7. The van der Waals surface area contributed by atoms with E-state index in [-0.39, 0.29) is 23.6 Å². The number of halogens is 1. The van der Waals surface area contributed by atoms with Gasteiger partial charge < -0.3 is 15.2 Å². The Morgan fingerprint density at radius 3 is 2.47 bits per heavy atom. The van der Waals surface area contributed by atoms with Crippen molar-refractivity contribution in [3.8, 4) is 0 Å². The summed E-state index contributed by atoms with van der Waals surface area (Å²) in [5.41, 5.74) is 1.35. The van der Waals surface area contributed by atoms with E-state index in [1.165, 1.54) is 11.8 Å². The fourth-order valence-electron chi connectivity index (χ4n) is 2.82. The zero-order valence-electron chi connectivity index (χ0n) is 16.6. The summed E-state index contributed by atoms with van der Waals surface area (Å²) in [6.45, 7) is 4.48. The third kappa shape index (κ3) is 5.82. The fraction of sp³-hybridized carbons (Fsp3) is 0.238. The third-order valence-corrected chi connectivity index (χ3v) is 5.98. The van der Waals surface area contributed by atoms with Crippen LogP contribution in [0, 0.1) is 3.57 Å². The van der Waals surface area contributed by atoms with Gasteiger partial charge in [-0.25, -0.2) is 0 Å². The highest BCUT2D eigenvalue weighted by molar-refractivity contribution is 14.1. The molecule has 3 aromatic rings. The van der Waals surface area contributed by atoms with Gasteiger partial charge in [0, 0.05) is 21.4 Å². The van der Waals surface area contributed by atoms with Gasteiger partial charge in [0.1, 0.15) is 0 Å². The van der Waals surface area contributed by atoms with Gasteiger partial charge in [0.05, 0.1) is 11.8 Å². The van der Waals surface area contributed by atoms with Crippen LogP contribution in [0.3, 0.4) is 0 Å². The molecule has 0 saturated carbocycles. The molecule has 0 aliphatic rings. The zero-order valence-corrected chi connectivity index (χ0v) is 19.6. The maximum atomic E-state index is 12.4. The monoisotopic (exact) mass is 535 g/mol. The van der Waals surface area contributed by atoms with Crippen molar-refractivity contribution in [2.75, 3.05) is 11.1 Å². The first kappa shape index (κ1) is 22.3. The van der Waals surface area contributed by atoms with E-state index >= 15 is 0 Å². The Balaban J connectivity index is 1.61. The van der Waals surface area contributed by atoms with Crippen LogP contribution in [0.5, 0.6) is 0 Å². The molecule has 1 heterocycles. The van der Waals surface area contributed by atoms with Gasteiger partial charge in [-0.1, -0.05) is 30.0 Å². The maximum Gasteiger partial charge on any atom is 0.251 e. The number of nitrogens with one attached hydrogen (secondary N) is 2. The Labute approximate surface area is 193 Å². The molecule has 1 aromatic heterocycles. The normalized spacial score (nSPS) is 11.7. The van der Waals surface area contributed by atoms with Crippen LogP contribution >= 0.6 is 34.4 Å². The molecule has 9 heteroatoms. The highest BCUT2D eigenvalue weighted by Crippen LogP contribution is 2.21. The molecule has 3 rings (SSSR count). The number of hydrogen-bond acceptors (Lipinski definition) is 5. The number of carbonyl (C=O) groups excluding carboxylic acids is 2. The summed E-state index contributed by atoms with van der Waals surface area (Å²) in [5, 5.41) is 14.9. The summed E-state index contributed by atoms with van der Waals surface area (Å²) in [6.07, 6.45) is 0. The summed E-state index contributed by atoms with van der Waals surface area (Å²) >= 11 is 3.54. The molecule has 2 N–H and O–H groups in total. The van der Waals surface area contributed by atoms with Crippen molar-refractivity contribution < 1.29 is 9.59 Å². The van der Waals surface area contributed by atoms with Gasteiger partial charge >= 0.3 is 0 Å². The SMILES string of the molecule is CCn1c(SCC(=O)Nc2ccc(I)cc2)nnc1[C@H](C)NC(=O)c1ccccc1. The van der Waals surface area contributed by atoms with E-state index in [9.17, 15) is 9.59 Å². The lowest BCUT2D eigenvalue weighted by Gasteiger charge is -2.15. The molecule has 0 spiro atoms. The van der Waals surface area contributed by atoms with Crippen molar-refractivity contribution in [3.05, 3.63) is 69.6 Å². The summed E-state index contributed by atoms with van der Waals surface area (Å²) in [6, 6.07) is 16.3. The van der Waals surface area contributed by atoms with Gasteiger partial charge in [-0.05, 0) is 72.8 Å². The molecule has 30 heavy (non-hydrogen) atoms. The standard InChI is InChI=1S/C21H22IN5O2S/c1-3-27-19(14(2)23-20(29)15-7-5-4-6-8-15)25-26-21(27)30-13-18(28)24-17-11-9-16(22)10-12-17/h4-12,14H,3,13H2,1-2H3,(H,23,29)(H,24,28)/t14-/m0/s1. The second kappa shape index (κ2) is 10.6. The van der Waals surface area contributed by atoms with Crippen LogP contribution in [0.4, 0.5) is 5.69 Å². The van der Waals surface area contributed by atoms with Crippen LogP contribution in [-0.4, -0.2) is 32.3 Å². The second-order valence-electron chi connectivity index (χ2n) is 6.49. The van der Waals surface area contributed by atoms with Crippen LogP contribution in [0.2, 0.25) is 0 Å². The minimum atomic E-state index is -0.319. The molecular weight excluding hydrogens is 513 g/mol. The first-order valence-electron chi connectivity index (χ1n) is 9.45. The van der Waals surface area contributed by atoms with Gasteiger partial charge in [-0.15, -0.1) is 10.2 Å². The molecule has 156 valence electrons.